The largest absolute Gasteiger partial charge is 0.382 e. The summed E-state index contributed by atoms with van der Waals surface area (Å²) in [6, 6.07) is 31.0. The maximum atomic E-state index is 6.72. The number of benzene rings is 3. The first-order valence-corrected chi connectivity index (χ1v) is 15.7. The number of rotatable bonds is 28. The van der Waals surface area contributed by atoms with Crippen molar-refractivity contribution in [3.05, 3.63) is 108 Å². The van der Waals surface area contributed by atoms with E-state index in [0.29, 0.717) is 106 Å². The Morgan fingerprint density at radius 2 is 0.578 bits per heavy atom. The van der Waals surface area contributed by atoms with Gasteiger partial charge in [0.25, 0.3) is 0 Å². The first-order chi connectivity index (χ1) is 22.4. The number of ether oxygens (including phenoxy) is 9. The summed E-state index contributed by atoms with van der Waals surface area (Å²) >= 11 is 0. The molecule has 45 heavy (non-hydrogen) atoms. The molecule has 0 saturated carbocycles. The minimum Gasteiger partial charge on any atom is -0.382 e. The molecule has 9 nitrogen and oxygen atoms in total. The van der Waals surface area contributed by atoms with Crippen LogP contribution in [0.3, 0.4) is 0 Å². The summed E-state index contributed by atoms with van der Waals surface area (Å²) in [6.07, 6.45) is 0. The van der Waals surface area contributed by atoms with Gasteiger partial charge < -0.3 is 42.6 Å². The van der Waals surface area contributed by atoms with E-state index in [9.17, 15) is 0 Å². The van der Waals surface area contributed by atoms with Crippen molar-refractivity contribution in [3.63, 3.8) is 0 Å². The fourth-order valence-electron chi connectivity index (χ4n) is 4.59. The molecular formula is C36H50O9. The van der Waals surface area contributed by atoms with E-state index >= 15 is 0 Å². The Bertz CT molecular complexity index is 973. The Labute approximate surface area is 268 Å². The summed E-state index contributed by atoms with van der Waals surface area (Å²) in [5.74, 6) is 0. The molecule has 3 aromatic rings. The molecule has 3 aromatic carbocycles. The molecule has 248 valence electrons. The van der Waals surface area contributed by atoms with Gasteiger partial charge in [-0.15, -0.1) is 0 Å². The van der Waals surface area contributed by atoms with E-state index in [1.165, 1.54) is 0 Å². The van der Waals surface area contributed by atoms with Crippen LogP contribution in [0.2, 0.25) is 0 Å². The van der Waals surface area contributed by atoms with E-state index in [2.05, 4.69) is 36.4 Å². The Hall–Kier alpha value is -2.70. The molecule has 0 saturated heterocycles. The van der Waals surface area contributed by atoms with E-state index in [1.807, 2.05) is 54.6 Å². The molecule has 0 aliphatic rings. The zero-order chi connectivity index (χ0) is 31.5. The second kappa shape index (κ2) is 24.5. The first kappa shape index (κ1) is 36.8. The zero-order valence-electron chi connectivity index (χ0n) is 26.6. The van der Waals surface area contributed by atoms with Gasteiger partial charge in [0, 0.05) is 7.11 Å². The van der Waals surface area contributed by atoms with Gasteiger partial charge in [0.15, 0.2) is 0 Å². The van der Waals surface area contributed by atoms with Gasteiger partial charge in [-0.25, -0.2) is 0 Å². The van der Waals surface area contributed by atoms with Crippen molar-refractivity contribution >= 4 is 0 Å². The van der Waals surface area contributed by atoms with E-state index in [4.69, 9.17) is 42.6 Å². The van der Waals surface area contributed by atoms with Gasteiger partial charge in [-0.2, -0.15) is 0 Å². The highest BCUT2D eigenvalue weighted by molar-refractivity contribution is 5.47. The molecule has 0 radical (unpaired) electrons. The van der Waals surface area contributed by atoms with Crippen molar-refractivity contribution in [2.45, 2.75) is 5.60 Å². The van der Waals surface area contributed by atoms with Crippen LogP contribution < -0.4 is 0 Å². The van der Waals surface area contributed by atoms with Gasteiger partial charge in [0.2, 0.25) is 0 Å². The predicted molar refractivity (Wildman–Crippen MR) is 173 cm³/mol. The molecule has 0 aliphatic carbocycles. The van der Waals surface area contributed by atoms with Crippen LogP contribution >= 0.6 is 0 Å². The van der Waals surface area contributed by atoms with Crippen molar-refractivity contribution < 1.29 is 42.6 Å². The molecule has 0 unspecified atom stereocenters. The summed E-state index contributed by atoms with van der Waals surface area (Å²) in [5, 5.41) is 0. The second-order valence-electron chi connectivity index (χ2n) is 9.91. The predicted octanol–water partition coefficient (Wildman–Crippen LogP) is 4.76. The van der Waals surface area contributed by atoms with Crippen LogP contribution in [0, 0.1) is 0 Å². The van der Waals surface area contributed by atoms with Crippen molar-refractivity contribution in [3.8, 4) is 0 Å². The van der Waals surface area contributed by atoms with Gasteiger partial charge >= 0.3 is 0 Å². The lowest BCUT2D eigenvalue weighted by Gasteiger charge is -2.36. The van der Waals surface area contributed by atoms with Crippen LogP contribution in [0.1, 0.15) is 16.7 Å². The van der Waals surface area contributed by atoms with Crippen molar-refractivity contribution in [2.75, 3.05) is 113 Å². The number of hydrogen-bond acceptors (Lipinski definition) is 9. The minimum absolute atomic E-state index is 0.422. The van der Waals surface area contributed by atoms with Gasteiger partial charge in [-0.3, -0.25) is 0 Å². The molecule has 0 spiro atoms. The molecule has 0 amide bonds. The third-order valence-electron chi connectivity index (χ3n) is 6.75. The van der Waals surface area contributed by atoms with E-state index in [-0.39, 0.29) is 0 Å². The molecule has 3 rings (SSSR count). The maximum Gasteiger partial charge on any atom is 0.143 e. The zero-order valence-corrected chi connectivity index (χ0v) is 26.6. The molecule has 0 aliphatic heterocycles. The smallest absolute Gasteiger partial charge is 0.143 e. The highest BCUT2D eigenvalue weighted by atomic mass is 16.6. The van der Waals surface area contributed by atoms with E-state index in [1.54, 1.807) is 7.11 Å². The van der Waals surface area contributed by atoms with Crippen molar-refractivity contribution in [1.82, 2.24) is 0 Å². The highest BCUT2D eigenvalue weighted by Gasteiger charge is 2.37. The Kier molecular flexibility index (Phi) is 20.0. The van der Waals surface area contributed by atoms with Crippen LogP contribution in [0.4, 0.5) is 0 Å². The lowest BCUT2D eigenvalue weighted by molar-refractivity contribution is -0.0398. The normalized spacial score (nSPS) is 11.7. The minimum atomic E-state index is -0.743. The second-order valence-corrected chi connectivity index (χ2v) is 9.91. The average Bonchev–Trinajstić information content (AvgIpc) is 3.09. The molecule has 0 bridgehead atoms. The fourth-order valence-corrected chi connectivity index (χ4v) is 4.59. The van der Waals surface area contributed by atoms with Gasteiger partial charge in [-0.1, -0.05) is 91.0 Å². The first-order valence-electron chi connectivity index (χ1n) is 15.7. The average molecular weight is 627 g/mol. The molecule has 0 fully saturated rings. The molecular weight excluding hydrogens is 576 g/mol. The standard InChI is InChI=1S/C36H50O9/c1-37-17-18-38-19-20-39-21-22-40-23-24-41-25-26-42-27-28-43-29-30-44-31-32-45-36(33-11-5-2-6-12-33,34-13-7-3-8-14-34)35-15-9-4-10-16-35/h2-16H,17-32H2,1H3. The summed E-state index contributed by atoms with van der Waals surface area (Å²) in [4.78, 5) is 0. The summed E-state index contributed by atoms with van der Waals surface area (Å²) in [5.41, 5.74) is 2.47. The topological polar surface area (TPSA) is 83.1 Å². The van der Waals surface area contributed by atoms with Crippen molar-refractivity contribution in [2.24, 2.45) is 0 Å². The van der Waals surface area contributed by atoms with Gasteiger partial charge in [0.1, 0.15) is 5.60 Å². The Balaban J connectivity index is 1.19. The van der Waals surface area contributed by atoms with Crippen LogP contribution in [0.5, 0.6) is 0 Å². The van der Waals surface area contributed by atoms with Crippen LogP contribution in [0.15, 0.2) is 91.0 Å². The molecule has 0 heterocycles. The molecule has 0 N–H and O–H groups in total. The summed E-state index contributed by atoms with van der Waals surface area (Å²) in [6.45, 7) is 8.25. The number of methoxy groups -OCH3 is 1. The highest BCUT2D eigenvalue weighted by Crippen LogP contribution is 2.40. The summed E-state index contributed by atoms with van der Waals surface area (Å²) < 4.78 is 50.4. The van der Waals surface area contributed by atoms with E-state index in [0.717, 1.165) is 16.7 Å². The SMILES string of the molecule is COCCOCCOCCOCCOCCOCCOCCOCCOC(c1ccccc1)(c1ccccc1)c1ccccc1. The third kappa shape index (κ3) is 14.5. The fraction of sp³-hybridized carbons (Fsp3) is 0.500. The van der Waals surface area contributed by atoms with Crippen LogP contribution in [-0.2, 0) is 48.2 Å². The quantitative estimate of drug-likeness (QED) is 0.0837. The maximum absolute atomic E-state index is 6.72. The number of hydrogen-bond donors (Lipinski definition) is 0. The van der Waals surface area contributed by atoms with Gasteiger partial charge in [0.05, 0.1) is 106 Å². The third-order valence-corrected chi connectivity index (χ3v) is 6.75. The van der Waals surface area contributed by atoms with Crippen molar-refractivity contribution in [1.29, 1.82) is 0 Å². The van der Waals surface area contributed by atoms with Gasteiger partial charge in [-0.05, 0) is 16.7 Å². The van der Waals surface area contributed by atoms with Crippen LogP contribution in [-0.4, -0.2) is 113 Å². The molecule has 9 heteroatoms. The monoisotopic (exact) mass is 626 g/mol. The molecule has 0 aromatic heterocycles. The summed E-state index contributed by atoms with van der Waals surface area (Å²) in [7, 11) is 1.65. The van der Waals surface area contributed by atoms with Crippen LogP contribution in [0.25, 0.3) is 0 Å². The molecule has 0 atom stereocenters. The Morgan fingerprint density at radius 3 is 0.844 bits per heavy atom. The van der Waals surface area contributed by atoms with E-state index < -0.39 is 5.60 Å². The Morgan fingerprint density at radius 1 is 0.333 bits per heavy atom. The lowest BCUT2D eigenvalue weighted by atomic mass is 9.80. The lowest BCUT2D eigenvalue weighted by Crippen LogP contribution is -2.34.